The third-order valence-corrected chi connectivity index (χ3v) is 3.35. The fourth-order valence-corrected chi connectivity index (χ4v) is 2.31. The molecule has 94 valence electrons. The Morgan fingerprint density at radius 1 is 1.41 bits per heavy atom. The molecule has 1 unspecified atom stereocenters. The summed E-state index contributed by atoms with van der Waals surface area (Å²) in [6.45, 7) is 8.12. The molecule has 0 fully saturated rings. The summed E-state index contributed by atoms with van der Waals surface area (Å²) in [7, 11) is 0. The van der Waals surface area contributed by atoms with Crippen molar-refractivity contribution in [1.29, 1.82) is 0 Å². The number of phenolic OH excluding ortho intramolecular Hbond substituents is 1. The van der Waals surface area contributed by atoms with Crippen molar-refractivity contribution in [3.05, 3.63) is 27.7 Å². The van der Waals surface area contributed by atoms with E-state index in [1.165, 1.54) is 0 Å². The minimum Gasteiger partial charge on any atom is -0.507 e. The van der Waals surface area contributed by atoms with Crippen LogP contribution < -0.4 is 0 Å². The number of hydrogen-bond acceptors (Lipinski definition) is 2. The van der Waals surface area contributed by atoms with Crippen LogP contribution >= 0.6 is 15.9 Å². The minimum atomic E-state index is -0.122. The Morgan fingerprint density at radius 3 is 2.47 bits per heavy atom. The van der Waals surface area contributed by atoms with Crippen molar-refractivity contribution >= 4 is 22.2 Å². The molecule has 1 N–H and O–H groups in total. The van der Waals surface area contributed by atoms with Gasteiger partial charge in [0.1, 0.15) is 12.0 Å². The van der Waals surface area contributed by atoms with Crippen LogP contribution in [0.25, 0.3) is 0 Å². The molecule has 0 heterocycles. The Bertz CT molecular complexity index is 419. The summed E-state index contributed by atoms with van der Waals surface area (Å²) in [4.78, 5) is 10.6. The van der Waals surface area contributed by atoms with E-state index in [1.807, 2.05) is 19.1 Å². The Balaban J connectivity index is 3.33. The van der Waals surface area contributed by atoms with Gasteiger partial charge in [-0.2, -0.15) is 0 Å². The molecular weight excluding hydrogens is 280 g/mol. The zero-order chi connectivity index (χ0) is 13.2. The lowest BCUT2D eigenvalue weighted by molar-refractivity contribution is -0.108. The summed E-state index contributed by atoms with van der Waals surface area (Å²) in [5, 5.41) is 10.3. The van der Waals surface area contributed by atoms with Crippen molar-refractivity contribution in [2.45, 2.75) is 45.4 Å². The number of benzene rings is 1. The normalized spacial score (nSPS) is 13.5. The number of hydrogen-bond donors (Lipinski definition) is 1. The molecule has 2 nitrogen and oxygen atoms in total. The molecule has 1 aromatic rings. The number of halogens is 1. The first-order chi connectivity index (χ1) is 7.77. The van der Waals surface area contributed by atoms with Crippen molar-refractivity contribution < 1.29 is 9.90 Å². The molecule has 0 bridgehead atoms. The average Bonchev–Trinajstić information content (AvgIpc) is 2.19. The number of aromatic hydroxyl groups is 1. The standard InChI is InChI=1S/C14H19BrO2/c1-9(5-6-16)11-7-10(15)8-12(13(11)17)14(2,3)4/h6-9,17H,5H2,1-4H3. The minimum absolute atomic E-state index is 0.0334. The molecule has 0 amide bonds. The molecule has 0 aliphatic carbocycles. The van der Waals surface area contributed by atoms with Gasteiger partial charge in [0.05, 0.1) is 0 Å². The lowest BCUT2D eigenvalue weighted by Crippen LogP contribution is -2.12. The van der Waals surface area contributed by atoms with E-state index in [0.29, 0.717) is 12.2 Å². The van der Waals surface area contributed by atoms with Gasteiger partial charge in [0.2, 0.25) is 0 Å². The maximum atomic E-state index is 10.6. The van der Waals surface area contributed by atoms with Crippen LogP contribution in [0.1, 0.15) is 51.2 Å². The third kappa shape index (κ3) is 3.32. The number of phenols is 1. The first-order valence-electron chi connectivity index (χ1n) is 5.74. The largest absolute Gasteiger partial charge is 0.507 e. The second kappa shape index (κ2) is 5.21. The quantitative estimate of drug-likeness (QED) is 0.851. The fraction of sp³-hybridized carbons (Fsp3) is 0.500. The highest BCUT2D eigenvalue weighted by molar-refractivity contribution is 9.10. The molecule has 1 aromatic carbocycles. The summed E-state index contributed by atoms with van der Waals surface area (Å²) < 4.78 is 0.938. The Morgan fingerprint density at radius 2 is 2.00 bits per heavy atom. The van der Waals surface area contributed by atoms with Crippen molar-refractivity contribution in [3.63, 3.8) is 0 Å². The molecule has 0 aliphatic rings. The summed E-state index contributed by atoms with van der Waals surface area (Å²) in [5.74, 6) is 0.348. The van der Waals surface area contributed by atoms with Crippen LogP contribution in [-0.2, 0) is 10.2 Å². The van der Waals surface area contributed by atoms with Gasteiger partial charge < -0.3 is 9.90 Å². The molecule has 1 atom stereocenters. The molecule has 0 saturated carbocycles. The summed E-state index contributed by atoms with van der Waals surface area (Å²) in [6.07, 6.45) is 1.31. The predicted molar refractivity (Wildman–Crippen MR) is 73.6 cm³/mol. The van der Waals surface area contributed by atoms with Crippen molar-refractivity contribution in [2.75, 3.05) is 0 Å². The number of rotatable bonds is 3. The van der Waals surface area contributed by atoms with Gasteiger partial charge in [-0.1, -0.05) is 43.6 Å². The van der Waals surface area contributed by atoms with E-state index in [4.69, 9.17) is 0 Å². The second-order valence-electron chi connectivity index (χ2n) is 5.44. The smallest absolute Gasteiger partial charge is 0.122 e. The zero-order valence-electron chi connectivity index (χ0n) is 10.7. The highest BCUT2D eigenvalue weighted by Gasteiger charge is 2.22. The van der Waals surface area contributed by atoms with E-state index in [0.717, 1.165) is 21.9 Å². The van der Waals surface area contributed by atoms with E-state index >= 15 is 0 Å². The van der Waals surface area contributed by atoms with E-state index in [-0.39, 0.29) is 11.3 Å². The number of carbonyl (C=O) groups excluding carboxylic acids is 1. The zero-order valence-corrected chi connectivity index (χ0v) is 12.3. The van der Waals surface area contributed by atoms with Crippen LogP contribution in [0.4, 0.5) is 0 Å². The molecule has 0 saturated heterocycles. The van der Waals surface area contributed by atoms with Crippen LogP contribution in [0.3, 0.4) is 0 Å². The van der Waals surface area contributed by atoms with Crippen LogP contribution in [0.15, 0.2) is 16.6 Å². The Labute approximate surface area is 111 Å². The molecule has 17 heavy (non-hydrogen) atoms. The Hall–Kier alpha value is -0.830. The third-order valence-electron chi connectivity index (χ3n) is 2.89. The topological polar surface area (TPSA) is 37.3 Å². The van der Waals surface area contributed by atoms with Gasteiger partial charge in [0.25, 0.3) is 0 Å². The molecule has 0 spiro atoms. The lowest BCUT2D eigenvalue weighted by atomic mass is 9.83. The molecule has 3 heteroatoms. The SMILES string of the molecule is CC(CC=O)c1cc(Br)cc(C(C)(C)C)c1O. The molecule has 0 aromatic heterocycles. The summed E-state index contributed by atoms with van der Waals surface area (Å²) >= 11 is 3.46. The van der Waals surface area contributed by atoms with Crippen molar-refractivity contribution in [2.24, 2.45) is 0 Å². The average molecular weight is 299 g/mol. The molecule has 0 radical (unpaired) electrons. The van der Waals surface area contributed by atoms with E-state index in [9.17, 15) is 9.90 Å². The summed E-state index contributed by atoms with van der Waals surface area (Å²) in [5.41, 5.74) is 1.61. The first-order valence-corrected chi connectivity index (χ1v) is 6.53. The fourth-order valence-electron chi connectivity index (χ4n) is 1.84. The van der Waals surface area contributed by atoms with Crippen molar-refractivity contribution in [1.82, 2.24) is 0 Å². The molecule has 1 rings (SSSR count). The lowest BCUT2D eigenvalue weighted by Gasteiger charge is -2.24. The van der Waals surface area contributed by atoms with Gasteiger partial charge in [-0.15, -0.1) is 0 Å². The van der Waals surface area contributed by atoms with Gasteiger partial charge in [0, 0.05) is 16.5 Å². The van der Waals surface area contributed by atoms with Gasteiger partial charge in [-0.05, 0) is 29.0 Å². The predicted octanol–water partition coefficient (Wildman–Crippen LogP) is 4.14. The van der Waals surface area contributed by atoms with Gasteiger partial charge in [-0.25, -0.2) is 0 Å². The second-order valence-corrected chi connectivity index (χ2v) is 6.36. The van der Waals surface area contributed by atoms with E-state index in [1.54, 1.807) is 0 Å². The number of aldehydes is 1. The summed E-state index contributed by atoms with van der Waals surface area (Å²) in [6, 6.07) is 3.82. The van der Waals surface area contributed by atoms with Crippen molar-refractivity contribution in [3.8, 4) is 5.75 Å². The van der Waals surface area contributed by atoms with Gasteiger partial charge in [0.15, 0.2) is 0 Å². The van der Waals surface area contributed by atoms with Gasteiger partial charge in [-0.3, -0.25) is 0 Å². The maximum absolute atomic E-state index is 10.6. The van der Waals surface area contributed by atoms with Crippen LogP contribution in [-0.4, -0.2) is 11.4 Å². The number of carbonyl (C=O) groups is 1. The van der Waals surface area contributed by atoms with Gasteiger partial charge >= 0.3 is 0 Å². The Kier molecular flexibility index (Phi) is 4.36. The first kappa shape index (κ1) is 14.2. The van der Waals surface area contributed by atoms with Crippen LogP contribution in [0.5, 0.6) is 5.75 Å². The monoisotopic (exact) mass is 298 g/mol. The van der Waals surface area contributed by atoms with Crippen LogP contribution in [0.2, 0.25) is 0 Å². The van der Waals surface area contributed by atoms with E-state index < -0.39 is 0 Å². The van der Waals surface area contributed by atoms with Crippen LogP contribution in [0, 0.1) is 0 Å². The molecular formula is C14H19BrO2. The molecule has 0 aliphatic heterocycles. The highest BCUT2D eigenvalue weighted by Crippen LogP contribution is 2.39. The maximum Gasteiger partial charge on any atom is 0.122 e. The highest BCUT2D eigenvalue weighted by atomic mass is 79.9. The van der Waals surface area contributed by atoms with E-state index in [2.05, 4.69) is 36.7 Å².